The van der Waals surface area contributed by atoms with Crippen LogP contribution in [0.5, 0.6) is 0 Å². The van der Waals surface area contributed by atoms with E-state index in [1.54, 1.807) is 0 Å². The number of aliphatic hydroxyl groups is 1. The molecule has 0 unspecified atom stereocenters. The lowest BCUT2D eigenvalue weighted by atomic mass is 10.1. The molecule has 0 saturated heterocycles. The number of amides is 1. The zero-order chi connectivity index (χ0) is 11.4. The van der Waals surface area contributed by atoms with E-state index in [1.165, 1.54) is 0 Å². The van der Waals surface area contributed by atoms with Crippen LogP contribution in [0.4, 0.5) is 4.79 Å². The molecule has 4 heteroatoms. The highest BCUT2D eigenvalue weighted by Gasteiger charge is 2.19. The maximum atomic E-state index is 11.3. The average molecular weight is 203 g/mol. The van der Waals surface area contributed by atoms with Gasteiger partial charge in [-0.15, -0.1) is 0 Å². The van der Waals surface area contributed by atoms with Crippen LogP contribution in [0.15, 0.2) is 0 Å². The summed E-state index contributed by atoms with van der Waals surface area (Å²) in [6.45, 7) is 9.19. The molecule has 0 bridgehead atoms. The van der Waals surface area contributed by atoms with Crippen molar-refractivity contribution >= 4 is 6.09 Å². The Hall–Kier alpha value is -0.770. The zero-order valence-corrected chi connectivity index (χ0v) is 9.63. The molecule has 0 saturated carbocycles. The van der Waals surface area contributed by atoms with Crippen molar-refractivity contribution in [2.24, 2.45) is 5.92 Å². The quantitative estimate of drug-likeness (QED) is 0.731. The van der Waals surface area contributed by atoms with Crippen molar-refractivity contribution in [3.8, 4) is 0 Å². The lowest BCUT2D eigenvalue weighted by Gasteiger charge is -2.24. The third-order valence-corrected chi connectivity index (χ3v) is 1.89. The van der Waals surface area contributed by atoms with Crippen molar-refractivity contribution < 1.29 is 14.6 Å². The molecule has 2 atom stereocenters. The highest BCUT2D eigenvalue weighted by Crippen LogP contribution is 2.08. The standard InChI is InChI=1S/C10H21NO3/c1-7(6-12)8(2)11-9(13)14-10(3,4)5/h7-8,12H,6H2,1-5H3,(H,11,13)/t7-,8+/m0/s1. The van der Waals surface area contributed by atoms with E-state index in [1.807, 2.05) is 34.6 Å². The van der Waals surface area contributed by atoms with E-state index >= 15 is 0 Å². The molecule has 1 amide bonds. The van der Waals surface area contributed by atoms with Crippen LogP contribution >= 0.6 is 0 Å². The molecule has 0 aromatic rings. The van der Waals surface area contributed by atoms with Gasteiger partial charge in [-0.1, -0.05) is 6.92 Å². The first-order chi connectivity index (χ1) is 6.26. The molecular formula is C10H21NO3. The Morgan fingerprint density at radius 2 is 1.93 bits per heavy atom. The number of carbonyl (C=O) groups excluding carboxylic acids is 1. The van der Waals surface area contributed by atoms with Crippen molar-refractivity contribution in [3.63, 3.8) is 0 Å². The summed E-state index contributed by atoms with van der Waals surface area (Å²) in [5, 5.41) is 11.5. The van der Waals surface area contributed by atoms with Crippen LogP contribution in [0.1, 0.15) is 34.6 Å². The average Bonchev–Trinajstić information content (AvgIpc) is 1.99. The lowest BCUT2D eigenvalue weighted by molar-refractivity contribution is 0.0483. The minimum Gasteiger partial charge on any atom is -0.444 e. The molecule has 0 aliphatic heterocycles. The van der Waals surface area contributed by atoms with Gasteiger partial charge in [-0.3, -0.25) is 0 Å². The van der Waals surface area contributed by atoms with Crippen molar-refractivity contribution in [1.82, 2.24) is 5.32 Å². The number of nitrogens with one attached hydrogen (secondary N) is 1. The Labute approximate surface area is 85.6 Å². The third kappa shape index (κ3) is 5.80. The molecule has 0 aliphatic rings. The summed E-state index contributed by atoms with van der Waals surface area (Å²) in [4.78, 5) is 11.3. The Morgan fingerprint density at radius 1 is 1.43 bits per heavy atom. The fourth-order valence-corrected chi connectivity index (χ4v) is 0.794. The Morgan fingerprint density at radius 3 is 2.29 bits per heavy atom. The molecule has 14 heavy (non-hydrogen) atoms. The number of ether oxygens (including phenoxy) is 1. The second kappa shape index (κ2) is 5.20. The second-order valence-electron chi connectivity index (χ2n) is 4.59. The van der Waals surface area contributed by atoms with E-state index in [0.717, 1.165) is 0 Å². The summed E-state index contributed by atoms with van der Waals surface area (Å²) >= 11 is 0. The molecule has 2 N–H and O–H groups in total. The molecule has 0 aromatic carbocycles. The van der Waals surface area contributed by atoms with Crippen LogP contribution in [-0.4, -0.2) is 29.4 Å². The van der Waals surface area contributed by atoms with Gasteiger partial charge in [-0.05, 0) is 33.6 Å². The van der Waals surface area contributed by atoms with E-state index in [2.05, 4.69) is 5.32 Å². The van der Waals surface area contributed by atoms with Crippen LogP contribution in [0.2, 0.25) is 0 Å². The Bertz CT molecular complexity index is 186. The van der Waals surface area contributed by atoms with Gasteiger partial charge in [0.25, 0.3) is 0 Å². The molecule has 0 aromatic heterocycles. The van der Waals surface area contributed by atoms with Crippen LogP contribution in [0.3, 0.4) is 0 Å². The van der Waals surface area contributed by atoms with Gasteiger partial charge in [0.2, 0.25) is 0 Å². The van der Waals surface area contributed by atoms with Gasteiger partial charge in [-0.2, -0.15) is 0 Å². The topological polar surface area (TPSA) is 58.6 Å². The van der Waals surface area contributed by atoms with Crippen molar-refractivity contribution in [3.05, 3.63) is 0 Å². The largest absolute Gasteiger partial charge is 0.444 e. The first kappa shape index (κ1) is 13.2. The van der Waals surface area contributed by atoms with Gasteiger partial charge >= 0.3 is 6.09 Å². The number of hydrogen-bond acceptors (Lipinski definition) is 3. The SMILES string of the molecule is C[C@@H](CO)[C@@H](C)NC(=O)OC(C)(C)C. The lowest BCUT2D eigenvalue weighted by Crippen LogP contribution is -2.41. The van der Waals surface area contributed by atoms with E-state index in [0.29, 0.717) is 0 Å². The predicted molar refractivity (Wildman–Crippen MR) is 55.1 cm³/mol. The minimum absolute atomic E-state index is 0.0301. The van der Waals surface area contributed by atoms with Crippen LogP contribution in [0.25, 0.3) is 0 Å². The second-order valence-corrected chi connectivity index (χ2v) is 4.59. The van der Waals surface area contributed by atoms with Gasteiger partial charge in [0.05, 0.1) is 0 Å². The monoisotopic (exact) mass is 203 g/mol. The van der Waals surface area contributed by atoms with Gasteiger partial charge in [0, 0.05) is 12.6 Å². The van der Waals surface area contributed by atoms with Gasteiger partial charge in [-0.25, -0.2) is 4.79 Å². The fraction of sp³-hybridized carbons (Fsp3) is 0.900. The van der Waals surface area contributed by atoms with Crippen molar-refractivity contribution in [2.75, 3.05) is 6.61 Å². The molecule has 84 valence electrons. The molecule has 0 spiro atoms. The molecule has 0 radical (unpaired) electrons. The number of rotatable bonds is 3. The van der Waals surface area contributed by atoms with E-state index in [-0.39, 0.29) is 18.6 Å². The van der Waals surface area contributed by atoms with Crippen LogP contribution in [0, 0.1) is 5.92 Å². The number of carbonyl (C=O) groups is 1. The maximum absolute atomic E-state index is 11.3. The van der Waals surface area contributed by atoms with E-state index < -0.39 is 11.7 Å². The first-order valence-corrected chi connectivity index (χ1v) is 4.86. The molecule has 4 nitrogen and oxygen atoms in total. The van der Waals surface area contributed by atoms with E-state index in [9.17, 15) is 4.79 Å². The first-order valence-electron chi connectivity index (χ1n) is 4.86. The van der Waals surface area contributed by atoms with Gasteiger partial charge in [0.15, 0.2) is 0 Å². The molecule has 0 rings (SSSR count). The highest BCUT2D eigenvalue weighted by atomic mass is 16.6. The highest BCUT2D eigenvalue weighted by molar-refractivity contribution is 5.68. The Kier molecular flexibility index (Phi) is 4.91. The maximum Gasteiger partial charge on any atom is 0.407 e. The normalized spacial score (nSPS) is 15.9. The van der Waals surface area contributed by atoms with Gasteiger partial charge < -0.3 is 15.2 Å². The summed E-state index contributed by atoms with van der Waals surface area (Å²) in [5.74, 6) is 0.0301. The summed E-state index contributed by atoms with van der Waals surface area (Å²) in [6.07, 6.45) is -0.440. The van der Waals surface area contributed by atoms with Crippen LogP contribution in [-0.2, 0) is 4.74 Å². The number of aliphatic hydroxyl groups excluding tert-OH is 1. The molecular weight excluding hydrogens is 182 g/mol. The molecule has 0 heterocycles. The van der Waals surface area contributed by atoms with Gasteiger partial charge in [0.1, 0.15) is 5.60 Å². The minimum atomic E-state index is -0.480. The van der Waals surface area contributed by atoms with Crippen molar-refractivity contribution in [2.45, 2.75) is 46.3 Å². The van der Waals surface area contributed by atoms with Crippen LogP contribution < -0.4 is 5.32 Å². The zero-order valence-electron chi connectivity index (χ0n) is 9.63. The number of alkyl carbamates (subject to hydrolysis) is 1. The molecule has 0 fully saturated rings. The summed E-state index contributed by atoms with van der Waals surface area (Å²) < 4.78 is 5.07. The summed E-state index contributed by atoms with van der Waals surface area (Å²) in [7, 11) is 0. The Balaban J connectivity index is 3.95. The predicted octanol–water partition coefficient (Wildman–Crippen LogP) is 1.53. The molecule has 0 aliphatic carbocycles. The third-order valence-electron chi connectivity index (χ3n) is 1.89. The van der Waals surface area contributed by atoms with Crippen molar-refractivity contribution in [1.29, 1.82) is 0 Å². The fourth-order valence-electron chi connectivity index (χ4n) is 0.794. The number of hydrogen-bond donors (Lipinski definition) is 2. The van der Waals surface area contributed by atoms with E-state index in [4.69, 9.17) is 9.84 Å². The summed E-state index contributed by atoms with van der Waals surface area (Å²) in [5.41, 5.74) is -0.480. The smallest absolute Gasteiger partial charge is 0.407 e. The summed E-state index contributed by atoms with van der Waals surface area (Å²) in [6, 6.07) is -0.0881.